The number of hydrogen-bond acceptors (Lipinski definition) is 4. The minimum Gasteiger partial charge on any atom is -0.383 e. The smallest absolute Gasteiger partial charge is 0.183 e. The number of methoxy groups -OCH3 is 1. The molecule has 0 aromatic heterocycles. The van der Waals surface area contributed by atoms with Gasteiger partial charge in [0.15, 0.2) is 9.84 Å². The molecule has 0 aliphatic heterocycles. The summed E-state index contributed by atoms with van der Waals surface area (Å²) in [6.45, 7) is 2.00. The molecule has 1 saturated carbocycles. The molecule has 0 heterocycles. The van der Waals surface area contributed by atoms with Crippen molar-refractivity contribution in [3.8, 4) is 6.07 Å². The first kappa shape index (κ1) is 16.7. The fourth-order valence-corrected chi connectivity index (χ4v) is 5.75. The first-order valence-electron chi connectivity index (χ1n) is 7.73. The van der Waals surface area contributed by atoms with Gasteiger partial charge < -0.3 is 4.74 Å². The molecule has 2 aromatic rings. The minimum absolute atomic E-state index is 0.0961. The molecule has 5 heteroatoms. The number of sulfone groups is 1. The zero-order chi connectivity index (χ0) is 17.4. The second-order valence-electron chi connectivity index (χ2n) is 6.25. The van der Waals surface area contributed by atoms with Crippen LogP contribution < -0.4 is 0 Å². The van der Waals surface area contributed by atoms with E-state index in [4.69, 9.17) is 4.74 Å². The van der Waals surface area contributed by atoms with Gasteiger partial charge in [0.25, 0.3) is 0 Å². The Balaban J connectivity index is 2.07. The van der Waals surface area contributed by atoms with Gasteiger partial charge in [0, 0.05) is 13.0 Å². The van der Waals surface area contributed by atoms with Gasteiger partial charge in [-0.1, -0.05) is 48.0 Å². The van der Waals surface area contributed by atoms with Crippen LogP contribution in [-0.4, -0.2) is 27.4 Å². The molecule has 124 valence electrons. The van der Waals surface area contributed by atoms with Crippen LogP contribution in [0, 0.1) is 23.7 Å². The van der Waals surface area contributed by atoms with Crippen molar-refractivity contribution in [1.29, 1.82) is 5.26 Å². The zero-order valence-corrected chi connectivity index (χ0v) is 14.5. The van der Waals surface area contributed by atoms with Gasteiger partial charge in [-0.25, -0.2) is 8.42 Å². The Morgan fingerprint density at radius 2 is 1.75 bits per heavy atom. The molecule has 24 heavy (non-hydrogen) atoms. The van der Waals surface area contributed by atoms with Crippen LogP contribution in [-0.2, 0) is 14.6 Å². The molecule has 0 unspecified atom stereocenters. The summed E-state index contributed by atoms with van der Waals surface area (Å²) in [6, 6.07) is 18.3. The monoisotopic (exact) mass is 341 g/mol. The third-order valence-corrected chi connectivity index (χ3v) is 6.98. The number of rotatable bonds is 5. The highest BCUT2D eigenvalue weighted by molar-refractivity contribution is 7.92. The highest BCUT2D eigenvalue weighted by Gasteiger charge is 2.72. The lowest BCUT2D eigenvalue weighted by atomic mass is 10.0. The second kappa shape index (κ2) is 6.04. The number of nitriles is 1. The predicted molar refractivity (Wildman–Crippen MR) is 91.3 cm³/mol. The lowest BCUT2D eigenvalue weighted by Crippen LogP contribution is -2.19. The Morgan fingerprint density at radius 1 is 1.12 bits per heavy atom. The molecule has 0 saturated heterocycles. The van der Waals surface area contributed by atoms with Crippen LogP contribution in [0.1, 0.15) is 17.0 Å². The fraction of sp³-hybridized carbons (Fsp3) is 0.316. The van der Waals surface area contributed by atoms with Crippen molar-refractivity contribution >= 4 is 9.84 Å². The Labute approximate surface area is 142 Å². The molecule has 1 fully saturated rings. The molecule has 0 amide bonds. The van der Waals surface area contributed by atoms with E-state index in [0.717, 1.165) is 11.1 Å². The van der Waals surface area contributed by atoms with Gasteiger partial charge in [0.05, 0.1) is 22.8 Å². The summed E-state index contributed by atoms with van der Waals surface area (Å²) < 4.78 is 31.5. The quantitative estimate of drug-likeness (QED) is 0.838. The average Bonchev–Trinajstić information content (AvgIpc) is 3.26. The number of hydrogen-bond donors (Lipinski definition) is 0. The van der Waals surface area contributed by atoms with E-state index in [0.29, 0.717) is 0 Å². The normalized spacial score (nSPS) is 25.9. The van der Waals surface area contributed by atoms with Crippen molar-refractivity contribution in [3.63, 3.8) is 0 Å². The van der Waals surface area contributed by atoms with E-state index in [-0.39, 0.29) is 17.4 Å². The van der Waals surface area contributed by atoms with Crippen molar-refractivity contribution in [1.82, 2.24) is 0 Å². The van der Waals surface area contributed by atoms with E-state index in [1.54, 1.807) is 24.3 Å². The zero-order valence-electron chi connectivity index (χ0n) is 13.6. The van der Waals surface area contributed by atoms with Crippen LogP contribution >= 0.6 is 0 Å². The summed E-state index contributed by atoms with van der Waals surface area (Å²) in [5.41, 5.74) is 0.810. The largest absolute Gasteiger partial charge is 0.383 e. The molecule has 0 radical (unpaired) electrons. The molecule has 0 bridgehead atoms. The van der Waals surface area contributed by atoms with Crippen LogP contribution in [0.15, 0.2) is 59.5 Å². The highest BCUT2D eigenvalue weighted by atomic mass is 32.2. The predicted octanol–water partition coefficient (Wildman–Crippen LogP) is 3.09. The lowest BCUT2D eigenvalue weighted by molar-refractivity contribution is 0.162. The Morgan fingerprint density at radius 3 is 2.29 bits per heavy atom. The maximum Gasteiger partial charge on any atom is 0.183 e. The SMILES string of the molecule is COC[C@@]1(C#N)[C@@H](c2ccccc2)[C@@H]1S(=O)(=O)c1ccc(C)cc1. The lowest BCUT2D eigenvalue weighted by Gasteiger charge is -2.08. The number of benzene rings is 2. The Bertz CT molecular complexity index is 869. The number of aryl methyl sites for hydroxylation is 1. The molecular formula is C19H19NO3S. The van der Waals surface area contributed by atoms with Gasteiger partial charge in [0.1, 0.15) is 5.41 Å². The van der Waals surface area contributed by atoms with Crippen molar-refractivity contribution in [2.45, 2.75) is 23.0 Å². The van der Waals surface area contributed by atoms with E-state index in [1.165, 1.54) is 7.11 Å². The number of nitrogens with zero attached hydrogens (tertiary/aromatic N) is 1. The standard InChI is InChI=1S/C19H19NO3S/c1-14-8-10-16(11-9-14)24(21,22)18-17(15-6-4-3-5-7-15)19(18,12-20)13-23-2/h3-11,17-18H,13H2,1-2H3/t17-,18-,19-/m0/s1. The summed E-state index contributed by atoms with van der Waals surface area (Å²) in [7, 11) is -2.13. The van der Waals surface area contributed by atoms with Gasteiger partial charge in [-0.05, 0) is 24.6 Å². The molecule has 4 nitrogen and oxygen atoms in total. The highest BCUT2D eigenvalue weighted by Crippen LogP contribution is 2.63. The van der Waals surface area contributed by atoms with E-state index >= 15 is 0 Å². The summed E-state index contributed by atoms with van der Waals surface area (Å²) in [5.74, 6) is -0.380. The third-order valence-electron chi connectivity index (χ3n) is 4.69. The van der Waals surface area contributed by atoms with Crippen LogP contribution in [0.5, 0.6) is 0 Å². The maximum atomic E-state index is 13.1. The second-order valence-corrected chi connectivity index (χ2v) is 8.32. The van der Waals surface area contributed by atoms with E-state index in [2.05, 4.69) is 6.07 Å². The van der Waals surface area contributed by atoms with Crippen LogP contribution in [0.25, 0.3) is 0 Å². The molecule has 1 aliphatic carbocycles. The first-order chi connectivity index (χ1) is 11.5. The third kappa shape index (κ3) is 2.52. The van der Waals surface area contributed by atoms with Crippen LogP contribution in [0.2, 0.25) is 0 Å². The van der Waals surface area contributed by atoms with Crippen molar-refractivity contribution in [2.24, 2.45) is 5.41 Å². The van der Waals surface area contributed by atoms with Crippen LogP contribution in [0.4, 0.5) is 0 Å². The van der Waals surface area contributed by atoms with Crippen LogP contribution in [0.3, 0.4) is 0 Å². The minimum atomic E-state index is -3.62. The van der Waals surface area contributed by atoms with Crippen molar-refractivity contribution in [2.75, 3.05) is 13.7 Å². The summed E-state index contributed by atoms with van der Waals surface area (Å²) in [4.78, 5) is 0.257. The van der Waals surface area contributed by atoms with Gasteiger partial charge in [-0.3, -0.25) is 0 Å². The van der Waals surface area contributed by atoms with E-state index < -0.39 is 20.5 Å². The van der Waals surface area contributed by atoms with E-state index in [9.17, 15) is 13.7 Å². The van der Waals surface area contributed by atoms with Gasteiger partial charge in [-0.2, -0.15) is 5.26 Å². The molecule has 0 N–H and O–H groups in total. The van der Waals surface area contributed by atoms with Crippen molar-refractivity contribution < 1.29 is 13.2 Å². The maximum absolute atomic E-state index is 13.1. The number of ether oxygens (including phenoxy) is 1. The van der Waals surface area contributed by atoms with Gasteiger partial charge in [0.2, 0.25) is 0 Å². The molecule has 3 atom stereocenters. The summed E-state index contributed by atoms with van der Waals surface area (Å²) >= 11 is 0. The van der Waals surface area contributed by atoms with Gasteiger partial charge in [-0.15, -0.1) is 0 Å². The first-order valence-corrected chi connectivity index (χ1v) is 9.27. The molecular weight excluding hydrogens is 322 g/mol. The molecule has 3 rings (SSSR count). The summed E-state index contributed by atoms with van der Waals surface area (Å²) in [6.07, 6.45) is 0. The Hall–Kier alpha value is -2.16. The fourth-order valence-electron chi connectivity index (χ4n) is 3.44. The van der Waals surface area contributed by atoms with E-state index in [1.807, 2.05) is 37.3 Å². The molecule has 1 aliphatic rings. The summed E-state index contributed by atoms with van der Waals surface area (Å²) in [5, 5.41) is 8.96. The Kier molecular flexibility index (Phi) is 4.20. The average molecular weight is 341 g/mol. The van der Waals surface area contributed by atoms with Crippen molar-refractivity contribution in [3.05, 3.63) is 65.7 Å². The molecule has 2 aromatic carbocycles. The van der Waals surface area contributed by atoms with Gasteiger partial charge >= 0.3 is 0 Å². The topological polar surface area (TPSA) is 67.2 Å². The molecule has 0 spiro atoms.